The Balaban J connectivity index is 2.00. The normalized spacial score (nSPS) is 18.0. The maximum absolute atomic E-state index is 12.0. The van der Waals surface area contributed by atoms with Gasteiger partial charge in [0, 0.05) is 19.2 Å². The number of hydrogen-bond acceptors (Lipinski definition) is 6. The van der Waals surface area contributed by atoms with Crippen LogP contribution in [0.5, 0.6) is 0 Å². The zero-order chi connectivity index (χ0) is 15.3. The summed E-state index contributed by atoms with van der Waals surface area (Å²) in [5.74, 6) is 0. The molecule has 0 aliphatic carbocycles. The molecule has 1 N–H and O–H groups in total. The van der Waals surface area contributed by atoms with Crippen molar-refractivity contribution in [3.8, 4) is 0 Å². The van der Waals surface area contributed by atoms with Gasteiger partial charge in [-0.05, 0) is 13.8 Å². The van der Waals surface area contributed by atoms with Gasteiger partial charge in [-0.1, -0.05) is 0 Å². The van der Waals surface area contributed by atoms with Crippen LogP contribution in [0.3, 0.4) is 0 Å². The van der Waals surface area contributed by atoms with E-state index in [2.05, 4.69) is 10.00 Å². The lowest BCUT2D eigenvalue weighted by Crippen LogP contribution is -2.48. The summed E-state index contributed by atoms with van der Waals surface area (Å²) in [6.45, 7) is 7.20. The van der Waals surface area contributed by atoms with Crippen LogP contribution in [-0.4, -0.2) is 60.0 Å². The lowest BCUT2D eigenvalue weighted by atomic mass is 10.1. The maximum atomic E-state index is 12.0. The number of aromatic nitrogens is 2. The molecule has 0 aromatic carbocycles. The molecule has 2 heterocycles. The van der Waals surface area contributed by atoms with Crippen molar-refractivity contribution in [2.75, 3.05) is 44.4 Å². The summed E-state index contributed by atoms with van der Waals surface area (Å²) >= 11 is 0. The van der Waals surface area contributed by atoms with Crippen LogP contribution in [0.4, 0.5) is 5.69 Å². The van der Waals surface area contributed by atoms with Gasteiger partial charge in [0.25, 0.3) is 5.56 Å². The van der Waals surface area contributed by atoms with E-state index in [1.54, 1.807) is 12.3 Å². The molecular formula is C14H23N3O4. The standard InChI is InChI=1S/C14H23N3O4/c1-14(2)11-16(3-7-21-14)12-9-13(19)17(15-10-12)4-6-20-8-5-18/h9-10,18H,3-8,11H2,1-2H3. The Labute approximate surface area is 124 Å². The van der Waals surface area contributed by atoms with Gasteiger partial charge in [0.15, 0.2) is 0 Å². The van der Waals surface area contributed by atoms with E-state index in [4.69, 9.17) is 14.6 Å². The lowest BCUT2D eigenvalue weighted by molar-refractivity contribution is -0.0277. The Morgan fingerprint density at radius 2 is 2.29 bits per heavy atom. The molecule has 0 radical (unpaired) electrons. The molecule has 21 heavy (non-hydrogen) atoms. The van der Waals surface area contributed by atoms with E-state index in [0.717, 1.165) is 18.8 Å². The Morgan fingerprint density at radius 1 is 1.48 bits per heavy atom. The fraction of sp³-hybridized carbons (Fsp3) is 0.714. The Kier molecular flexibility index (Phi) is 5.33. The highest BCUT2D eigenvalue weighted by Crippen LogP contribution is 2.21. The summed E-state index contributed by atoms with van der Waals surface area (Å²) in [5.41, 5.74) is 0.457. The van der Waals surface area contributed by atoms with Crippen LogP contribution in [-0.2, 0) is 16.0 Å². The quantitative estimate of drug-likeness (QED) is 0.737. The summed E-state index contributed by atoms with van der Waals surface area (Å²) in [6, 6.07) is 1.60. The first-order valence-electron chi connectivity index (χ1n) is 7.16. The lowest BCUT2D eigenvalue weighted by Gasteiger charge is -2.39. The van der Waals surface area contributed by atoms with Crippen molar-refractivity contribution in [3.63, 3.8) is 0 Å². The molecule has 1 saturated heterocycles. The SMILES string of the molecule is CC1(C)CN(c2cnn(CCOCCO)c(=O)c2)CCO1. The van der Waals surface area contributed by atoms with E-state index < -0.39 is 0 Å². The van der Waals surface area contributed by atoms with Gasteiger partial charge in [-0.25, -0.2) is 4.68 Å². The van der Waals surface area contributed by atoms with E-state index in [0.29, 0.717) is 19.8 Å². The Morgan fingerprint density at radius 3 is 2.95 bits per heavy atom. The molecule has 118 valence electrons. The van der Waals surface area contributed by atoms with Gasteiger partial charge >= 0.3 is 0 Å². The van der Waals surface area contributed by atoms with Gasteiger partial charge in [0.1, 0.15) is 0 Å². The minimum Gasteiger partial charge on any atom is -0.394 e. The van der Waals surface area contributed by atoms with Gasteiger partial charge in [0.2, 0.25) is 0 Å². The van der Waals surface area contributed by atoms with Crippen LogP contribution in [0.1, 0.15) is 13.8 Å². The Hall–Kier alpha value is -1.44. The van der Waals surface area contributed by atoms with Crippen LogP contribution < -0.4 is 10.5 Å². The third kappa shape index (κ3) is 4.52. The fourth-order valence-corrected chi connectivity index (χ4v) is 2.32. The Bertz CT molecular complexity index is 515. The van der Waals surface area contributed by atoms with Crippen molar-refractivity contribution in [3.05, 3.63) is 22.6 Å². The number of rotatable bonds is 6. The number of ether oxygens (including phenoxy) is 2. The minimum absolute atomic E-state index is 0.0198. The van der Waals surface area contributed by atoms with Crippen molar-refractivity contribution in [2.45, 2.75) is 26.0 Å². The highest BCUT2D eigenvalue weighted by atomic mass is 16.5. The summed E-state index contributed by atoms with van der Waals surface area (Å²) in [4.78, 5) is 14.2. The van der Waals surface area contributed by atoms with Gasteiger partial charge in [-0.2, -0.15) is 5.10 Å². The third-order valence-electron chi connectivity index (χ3n) is 3.33. The average Bonchev–Trinajstić information content (AvgIpc) is 2.44. The molecule has 7 nitrogen and oxygen atoms in total. The van der Waals surface area contributed by atoms with E-state index in [1.807, 2.05) is 13.8 Å². The van der Waals surface area contributed by atoms with Crippen LogP contribution in [0.15, 0.2) is 17.1 Å². The van der Waals surface area contributed by atoms with Crippen LogP contribution >= 0.6 is 0 Å². The topological polar surface area (TPSA) is 76.8 Å². The van der Waals surface area contributed by atoms with Crippen molar-refractivity contribution in [2.24, 2.45) is 0 Å². The van der Waals surface area contributed by atoms with Crippen molar-refractivity contribution in [1.29, 1.82) is 0 Å². The predicted molar refractivity (Wildman–Crippen MR) is 78.6 cm³/mol. The number of aliphatic hydroxyl groups excluding tert-OH is 1. The van der Waals surface area contributed by atoms with Gasteiger partial charge in [0.05, 0.1) is 50.5 Å². The number of hydrogen-bond donors (Lipinski definition) is 1. The monoisotopic (exact) mass is 297 g/mol. The first-order chi connectivity index (χ1) is 10.0. The zero-order valence-electron chi connectivity index (χ0n) is 12.6. The zero-order valence-corrected chi connectivity index (χ0v) is 12.6. The first kappa shape index (κ1) is 15.9. The first-order valence-corrected chi connectivity index (χ1v) is 7.16. The van der Waals surface area contributed by atoms with E-state index in [1.165, 1.54) is 4.68 Å². The molecule has 7 heteroatoms. The fourth-order valence-electron chi connectivity index (χ4n) is 2.32. The van der Waals surface area contributed by atoms with Crippen LogP contribution in [0.2, 0.25) is 0 Å². The highest BCUT2D eigenvalue weighted by Gasteiger charge is 2.27. The molecule has 0 saturated carbocycles. The second-order valence-electron chi connectivity index (χ2n) is 5.64. The summed E-state index contributed by atoms with van der Waals surface area (Å²) < 4.78 is 12.2. The molecule has 0 unspecified atom stereocenters. The van der Waals surface area contributed by atoms with E-state index in [9.17, 15) is 4.79 Å². The number of anilines is 1. The molecule has 1 aromatic rings. The smallest absolute Gasteiger partial charge is 0.268 e. The van der Waals surface area contributed by atoms with Gasteiger partial charge < -0.3 is 19.5 Å². The molecule has 0 spiro atoms. The number of nitrogens with zero attached hydrogens (tertiary/aromatic N) is 3. The van der Waals surface area contributed by atoms with Crippen LogP contribution in [0, 0.1) is 0 Å². The van der Waals surface area contributed by atoms with Gasteiger partial charge in [-0.15, -0.1) is 0 Å². The number of morpholine rings is 1. The maximum Gasteiger partial charge on any atom is 0.268 e. The number of aliphatic hydroxyl groups is 1. The summed E-state index contributed by atoms with van der Waals surface area (Å²) in [6.07, 6.45) is 1.70. The summed E-state index contributed by atoms with van der Waals surface area (Å²) in [5, 5.41) is 12.8. The molecule has 1 aromatic heterocycles. The second kappa shape index (κ2) is 7.02. The molecule has 0 amide bonds. The van der Waals surface area contributed by atoms with E-state index >= 15 is 0 Å². The third-order valence-corrected chi connectivity index (χ3v) is 3.33. The highest BCUT2D eigenvalue weighted by molar-refractivity contribution is 5.43. The average molecular weight is 297 g/mol. The van der Waals surface area contributed by atoms with Crippen molar-refractivity contribution in [1.82, 2.24) is 9.78 Å². The molecule has 2 rings (SSSR count). The van der Waals surface area contributed by atoms with E-state index in [-0.39, 0.29) is 24.4 Å². The summed E-state index contributed by atoms with van der Waals surface area (Å²) in [7, 11) is 0. The second-order valence-corrected chi connectivity index (χ2v) is 5.64. The molecular weight excluding hydrogens is 274 g/mol. The van der Waals surface area contributed by atoms with Gasteiger partial charge in [-0.3, -0.25) is 4.79 Å². The van der Waals surface area contributed by atoms with Crippen molar-refractivity contribution < 1.29 is 14.6 Å². The molecule has 1 fully saturated rings. The molecule has 0 atom stereocenters. The molecule has 1 aliphatic heterocycles. The largest absolute Gasteiger partial charge is 0.394 e. The predicted octanol–water partition coefficient (Wildman–Crippen LogP) is -0.133. The molecule has 1 aliphatic rings. The van der Waals surface area contributed by atoms with Crippen LogP contribution in [0.25, 0.3) is 0 Å². The molecule has 0 bridgehead atoms. The van der Waals surface area contributed by atoms with Crippen molar-refractivity contribution >= 4 is 5.69 Å². The minimum atomic E-state index is -0.217.